The van der Waals surface area contributed by atoms with Crippen LogP contribution in [0.1, 0.15) is 18.3 Å². The van der Waals surface area contributed by atoms with Crippen LogP contribution in [0, 0.1) is 10.1 Å². The number of fused-ring (bicyclic) bond motifs is 1. The average molecular weight is 378 g/mol. The predicted molar refractivity (Wildman–Crippen MR) is 106 cm³/mol. The van der Waals surface area contributed by atoms with Crippen LogP contribution in [0.5, 0.6) is 0 Å². The summed E-state index contributed by atoms with van der Waals surface area (Å²) in [5.74, 6) is 0.104. The number of carbonyl (C=O) groups is 1. The molecule has 28 heavy (non-hydrogen) atoms. The van der Waals surface area contributed by atoms with Crippen LogP contribution in [0.25, 0.3) is 17.0 Å². The molecule has 1 amide bonds. The minimum Gasteiger partial charge on any atom is -0.332 e. The molecule has 1 N–H and O–H groups in total. The molecule has 0 spiro atoms. The van der Waals surface area contributed by atoms with Crippen LogP contribution in [0.15, 0.2) is 59.4 Å². The van der Waals surface area contributed by atoms with E-state index in [0.29, 0.717) is 28.8 Å². The molecule has 1 aromatic heterocycles. The highest BCUT2D eigenvalue weighted by atomic mass is 16.6. The van der Waals surface area contributed by atoms with Gasteiger partial charge in [-0.15, -0.1) is 0 Å². The Bertz CT molecular complexity index is 1120. The first kappa shape index (κ1) is 19.0. The van der Waals surface area contributed by atoms with Gasteiger partial charge in [0.2, 0.25) is 5.91 Å². The van der Waals surface area contributed by atoms with Crippen LogP contribution in [-0.2, 0) is 11.3 Å². The largest absolute Gasteiger partial charge is 0.332 e. The third kappa shape index (κ3) is 4.29. The number of rotatable bonds is 6. The van der Waals surface area contributed by atoms with E-state index in [9.17, 15) is 19.7 Å². The zero-order valence-corrected chi connectivity index (χ0v) is 15.2. The van der Waals surface area contributed by atoms with Gasteiger partial charge in [-0.3, -0.25) is 19.7 Å². The Morgan fingerprint density at radius 1 is 1.25 bits per heavy atom. The summed E-state index contributed by atoms with van der Waals surface area (Å²) < 4.78 is 0. The molecular weight excluding hydrogens is 360 g/mol. The van der Waals surface area contributed by atoms with Crippen molar-refractivity contribution in [3.63, 3.8) is 0 Å². The number of nitrogens with one attached hydrogen (secondary N) is 1. The van der Waals surface area contributed by atoms with E-state index in [0.717, 1.165) is 0 Å². The zero-order valence-electron chi connectivity index (χ0n) is 15.2. The quantitative estimate of drug-likeness (QED) is 0.403. The lowest BCUT2D eigenvalue weighted by molar-refractivity contribution is -0.384. The Kier molecular flexibility index (Phi) is 5.59. The number of nitro groups is 1. The highest BCUT2D eigenvalue weighted by Gasteiger charge is 2.12. The minimum atomic E-state index is -0.487. The number of aromatic nitrogens is 2. The van der Waals surface area contributed by atoms with Crippen LogP contribution in [0.2, 0.25) is 0 Å². The molecule has 0 saturated heterocycles. The van der Waals surface area contributed by atoms with Gasteiger partial charge in [-0.05, 0) is 30.7 Å². The fraction of sp³-hybridized carbons (Fsp3) is 0.150. The van der Waals surface area contributed by atoms with Crippen molar-refractivity contribution >= 4 is 28.6 Å². The summed E-state index contributed by atoms with van der Waals surface area (Å²) in [6, 6.07) is 13.0. The molecule has 0 unspecified atom stereocenters. The van der Waals surface area contributed by atoms with Crippen molar-refractivity contribution < 1.29 is 9.72 Å². The van der Waals surface area contributed by atoms with Gasteiger partial charge in [-0.2, -0.15) is 0 Å². The van der Waals surface area contributed by atoms with E-state index in [1.165, 1.54) is 29.2 Å². The van der Waals surface area contributed by atoms with Crippen molar-refractivity contribution in [1.29, 1.82) is 0 Å². The van der Waals surface area contributed by atoms with Gasteiger partial charge in [0.1, 0.15) is 5.82 Å². The zero-order chi connectivity index (χ0) is 20.1. The molecule has 1 heterocycles. The first-order valence-corrected chi connectivity index (χ1v) is 8.67. The first-order valence-electron chi connectivity index (χ1n) is 8.67. The van der Waals surface area contributed by atoms with Crippen LogP contribution in [-0.4, -0.2) is 32.2 Å². The molecule has 0 aliphatic heterocycles. The number of hydrogen-bond acceptors (Lipinski definition) is 5. The fourth-order valence-corrected chi connectivity index (χ4v) is 2.75. The van der Waals surface area contributed by atoms with Crippen molar-refractivity contribution in [2.75, 3.05) is 6.54 Å². The van der Waals surface area contributed by atoms with Gasteiger partial charge in [-0.1, -0.05) is 24.3 Å². The lowest BCUT2D eigenvalue weighted by atomic mass is 10.2. The summed E-state index contributed by atoms with van der Waals surface area (Å²) in [5.41, 5.74) is 0.823. The molecule has 142 valence electrons. The third-order valence-electron chi connectivity index (χ3n) is 4.20. The molecule has 8 nitrogen and oxygen atoms in total. The van der Waals surface area contributed by atoms with Crippen molar-refractivity contribution in [2.45, 2.75) is 13.5 Å². The van der Waals surface area contributed by atoms with Crippen molar-refractivity contribution in [3.05, 3.63) is 86.5 Å². The van der Waals surface area contributed by atoms with Crippen LogP contribution < -0.4 is 5.56 Å². The Morgan fingerprint density at radius 2 is 2.04 bits per heavy atom. The second-order valence-electron chi connectivity index (χ2n) is 6.07. The average Bonchev–Trinajstić information content (AvgIpc) is 2.70. The highest BCUT2D eigenvalue weighted by Crippen LogP contribution is 2.14. The van der Waals surface area contributed by atoms with E-state index >= 15 is 0 Å². The Hall–Kier alpha value is -3.81. The molecule has 0 atom stereocenters. The number of nitro benzene ring substituents is 1. The molecule has 0 aliphatic carbocycles. The van der Waals surface area contributed by atoms with E-state index in [-0.39, 0.29) is 23.7 Å². The molecule has 3 rings (SSSR count). The van der Waals surface area contributed by atoms with E-state index in [4.69, 9.17) is 0 Å². The van der Waals surface area contributed by atoms with Gasteiger partial charge in [-0.25, -0.2) is 4.98 Å². The summed E-state index contributed by atoms with van der Waals surface area (Å²) in [7, 11) is 0. The number of non-ortho nitro benzene ring substituents is 1. The summed E-state index contributed by atoms with van der Waals surface area (Å²) in [6.07, 6.45) is 2.87. The van der Waals surface area contributed by atoms with E-state index < -0.39 is 4.92 Å². The maximum Gasteiger partial charge on any atom is 0.270 e. The number of hydrogen-bond donors (Lipinski definition) is 1. The number of aromatic amines is 1. The molecule has 0 aliphatic rings. The number of para-hydroxylation sites is 1. The van der Waals surface area contributed by atoms with Crippen molar-refractivity contribution in [1.82, 2.24) is 14.9 Å². The Labute approximate surface area is 160 Å². The lowest BCUT2D eigenvalue weighted by Gasteiger charge is -2.18. The smallest absolute Gasteiger partial charge is 0.270 e. The standard InChI is InChI=1S/C20H18N4O4/c1-2-23(13-18-21-17-9-4-3-8-16(17)20(26)22-18)19(25)11-10-14-6-5-7-15(12-14)24(27)28/h3-12H,2,13H2,1H3,(H,21,22,26)/b11-10+. The summed E-state index contributed by atoms with van der Waals surface area (Å²) >= 11 is 0. The van der Waals surface area contributed by atoms with Crippen LogP contribution in [0.3, 0.4) is 0 Å². The maximum absolute atomic E-state index is 12.5. The number of amides is 1. The maximum atomic E-state index is 12.5. The van der Waals surface area contributed by atoms with E-state index in [1.54, 1.807) is 36.4 Å². The van der Waals surface area contributed by atoms with Crippen LogP contribution >= 0.6 is 0 Å². The summed E-state index contributed by atoms with van der Waals surface area (Å²) in [5, 5.41) is 11.3. The summed E-state index contributed by atoms with van der Waals surface area (Å²) in [6.45, 7) is 2.38. The van der Waals surface area contributed by atoms with Gasteiger partial charge in [0.25, 0.3) is 11.2 Å². The number of likely N-dealkylation sites (N-methyl/N-ethyl adjacent to an activating group) is 1. The molecule has 8 heteroatoms. The minimum absolute atomic E-state index is 0.0418. The third-order valence-corrected chi connectivity index (χ3v) is 4.20. The second-order valence-corrected chi connectivity index (χ2v) is 6.07. The van der Waals surface area contributed by atoms with Crippen molar-refractivity contribution in [2.24, 2.45) is 0 Å². The molecular formula is C20H18N4O4. The van der Waals surface area contributed by atoms with Crippen molar-refractivity contribution in [3.8, 4) is 0 Å². The number of carbonyl (C=O) groups excluding carboxylic acids is 1. The molecule has 2 aromatic carbocycles. The SMILES string of the molecule is CCN(Cc1nc2ccccc2c(=O)[nH]1)C(=O)/C=C/c1cccc([N+](=O)[O-])c1. The highest BCUT2D eigenvalue weighted by molar-refractivity contribution is 5.91. The van der Waals surface area contributed by atoms with Gasteiger partial charge < -0.3 is 9.88 Å². The van der Waals surface area contributed by atoms with Gasteiger partial charge in [0, 0.05) is 24.8 Å². The predicted octanol–water partition coefficient (Wildman–Crippen LogP) is 2.89. The van der Waals surface area contributed by atoms with E-state index in [1.807, 2.05) is 6.92 Å². The Morgan fingerprint density at radius 3 is 2.79 bits per heavy atom. The number of benzene rings is 2. The topological polar surface area (TPSA) is 109 Å². The molecule has 0 fully saturated rings. The molecule has 0 saturated carbocycles. The first-order chi connectivity index (χ1) is 13.5. The Balaban J connectivity index is 1.78. The van der Waals surface area contributed by atoms with Gasteiger partial charge >= 0.3 is 0 Å². The van der Waals surface area contributed by atoms with Crippen LogP contribution in [0.4, 0.5) is 5.69 Å². The molecule has 3 aromatic rings. The monoisotopic (exact) mass is 378 g/mol. The number of H-pyrrole nitrogens is 1. The lowest BCUT2D eigenvalue weighted by Crippen LogP contribution is -2.30. The van der Waals surface area contributed by atoms with Gasteiger partial charge in [0.15, 0.2) is 0 Å². The van der Waals surface area contributed by atoms with Gasteiger partial charge in [0.05, 0.1) is 22.4 Å². The molecule has 0 radical (unpaired) electrons. The molecule has 0 bridgehead atoms. The second kappa shape index (κ2) is 8.26. The number of nitrogens with zero attached hydrogens (tertiary/aromatic N) is 3. The fourth-order valence-electron chi connectivity index (χ4n) is 2.75. The summed E-state index contributed by atoms with van der Waals surface area (Å²) in [4.78, 5) is 43.7. The van der Waals surface area contributed by atoms with E-state index in [2.05, 4.69) is 9.97 Å². The normalized spacial score (nSPS) is 11.0.